The smallest absolute Gasteiger partial charge is 0.257 e. The van der Waals surface area contributed by atoms with Gasteiger partial charge in [0.2, 0.25) is 0 Å². The van der Waals surface area contributed by atoms with Gasteiger partial charge in [-0.3, -0.25) is 4.57 Å². The van der Waals surface area contributed by atoms with Gasteiger partial charge in [-0.15, -0.1) is 0 Å². The third-order valence-corrected chi connectivity index (χ3v) is 8.45. The van der Waals surface area contributed by atoms with Gasteiger partial charge in [0.05, 0.1) is 6.10 Å². The molecule has 0 aromatic heterocycles. The van der Waals surface area contributed by atoms with E-state index in [2.05, 4.69) is 27.4 Å². The summed E-state index contributed by atoms with van der Waals surface area (Å²) in [5, 5.41) is 1.45. The minimum atomic E-state index is -3.18. The van der Waals surface area contributed by atoms with Crippen molar-refractivity contribution in [2.45, 2.75) is 46.1 Å². The highest BCUT2D eigenvalue weighted by Gasteiger charge is 2.40. The summed E-state index contributed by atoms with van der Waals surface area (Å²) < 4.78 is 20.8. The van der Waals surface area contributed by atoms with Crippen molar-refractivity contribution in [3.05, 3.63) is 66.5 Å². The van der Waals surface area contributed by atoms with Gasteiger partial charge in [0.25, 0.3) is 7.37 Å². The first-order valence-corrected chi connectivity index (χ1v) is 11.4. The molecule has 140 valence electrons. The molecule has 0 heterocycles. The Morgan fingerprint density at radius 2 is 1.81 bits per heavy atom. The molecule has 2 aliphatic carbocycles. The normalized spacial score (nSPS) is 28.4. The van der Waals surface area contributed by atoms with Gasteiger partial charge >= 0.3 is 0 Å². The van der Waals surface area contributed by atoms with Crippen molar-refractivity contribution < 1.29 is 9.09 Å². The van der Waals surface area contributed by atoms with Crippen molar-refractivity contribution in [3.63, 3.8) is 0 Å². The fourth-order valence-corrected chi connectivity index (χ4v) is 6.54. The molecular formula is C23H31O2P. The van der Waals surface area contributed by atoms with E-state index < -0.39 is 7.37 Å². The summed E-state index contributed by atoms with van der Waals surface area (Å²) in [5.74, 6) is 1.57. The maximum Gasteiger partial charge on any atom is 0.257 e. The minimum absolute atomic E-state index is 0.0143. The zero-order valence-electron chi connectivity index (χ0n) is 16.2. The van der Waals surface area contributed by atoms with Gasteiger partial charge in [0.1, 0.15) is 0 Å². The highest BCUT2D eigenvalue weighted by atomic mass is 31.2. The van der Waals surface area contributed by atoms with Crippen LogP contribution in [0.1, 0.15) is 40.0 Å². The lowest BCUT2D eigenvalue weighted by atomic mass is 9.75. The molecule has 1 aromatic carbocycles. The molecule has 2 nitrogen and oxygen atoms in total. The number of hydrogen-bond donors (Lipinski definition) is 0. The van der Waals surface area contributed by atoms with Crippen molar-refractivity contribution in [1.82, 2.24) is 0 Å². The van der Waals surface area contributed by atoms with Crippen LogP contribution in [0.4, 0.5) is 0 Å². The fourth-order valence-electron chi connectivity index (χ4n) is 4.20. The van der Waals surface area contributed by atoms with Crippen LogP contribution < -0.4 is 5.30 Å². The Hall–Kier alpha value is -1.37. The van der Waals surface area contributed by atoms with Crippen LogP contribution in [0.25, 0.3) is 0 Å². The van der Waals surface area contributed by atoms with E-state index in [1.54, 1.807) is 0 Å². The molecule has 1 unspecified atom stereocenters. The molecule has 0 bridgehead atoms. The van der Waals surface area contributed by atoms with Crippen LogP contribution in [0.5, 0.6) is 0 Å². The Labute approximate surface area is 158 Å². The Kier molecular flexibility index (Phi) is 6.05. The van der Waals surface area contributed by atoms with Crippen molar-refractivity contribution in [2.24, 2.45) is 23.7 Å². The summed E-state index contributed by atoms with van der Waals surface area (Å²) >= 11 is 0. The van der Waals surface area contributed by atoms with Crippen molar-refractivity contribution in [3.8, 4) is 0 Å². The average molecular weight is 370 g/mol. The molecule has 1 saturated carbocycles. The topological polar surface area (TPSA) is 26.3 Å². The number of hydrogen-bond acceptors (Lipinski definition) is 2. The largest absolute Gasteiger partial charge is 0.319 e. The van der Waals surface area contributed by atoms with Crippen molar-refractivity contribution >= 4 is 12.7 Å². The lowest BCUT2D eigenvalue weighted by Crippen LogP contribution is -2.34. The lowest BCUT2D eigenvalue weighted by molar-refractivity contribution is 0.0507. The first-order chi connectivity index (χ1) is 12.4. The molecule has 4 atom stereocenters. The first-order valence-electron chi connectivity index (χ1n) is 9.80. The second-order valence-corrected chi connectivity index (χ2v) is 10.5. The van der Waals surface area contributed by atoms with E-state index in [-0.39, 0.29) is 12.0 Å². The molecule has 0 N–H and O–H groups in total. The maximum atomic E-state index is 14.3. The van der Waals surface area contributed by atoms with Gasteiger partial charge in [-0.2, -0.15) is 0 Å². The lowest BCUT2D eigenvalue weighted by Gasteiger charge is -2.39. The van der Waals surface area contributed by atoms with E-state index in [0.717, 1.165) is 18.1 Å². The van der Waals surface area contributed by atoms with Crippen LogP contribution in [-0.4, -0.2) is 6.10 Å². The van der Waals surface area contributed by atoms with Gasteiger partial charge in [0.15, 0.2) is 0 Å². The maximum absolute atomic E-state index is 14.3. The second-order valence-electron chi connectivity index (χ2n) is 8.14. The molecule has 0 spiro atoms. The Bertz CT molecular complexity index is 720. The molecule has 3 rings (SSSR count). The van der Waals surface area contributed by atoms with E-state index in [9.17, 15) is 4.57 Å². The molecule has 26 heavy (non-hydrogen) atoms. The predicted molar refractivity (Wildman–Crippen MR) is 111 cm³/mol. The summed E-state index contributed by atoms with van der Waals surface area (Å²) in [7, 11) is -3.18. The van der Waals surface area contributed by atoms with Gasteiger partial charge in [-0.05, 0) is 42.7 Å². The van der Waals surface area contributed by atoms with Crippen LogP contribution >= 0.6 is 7.37 Å². The van der Waals surface area contributed by atoms with Crippen LogP contribution in [0.3, 0.4) is 0 Å². The van der Waals surface area contributed by atoms with Crippen molar-refractivity contribution in [1.29, 1.82) is 0 Å². The third-order valence-electron chi connectivity index (χ3n) is 5.85. The standard InChI is InChI=1S/C23H31O2P/c1-17(2)22-15-14-18(3)16-23(22)25-26(24,21-12-6-5-7-13-21)19(4)20-10-8-9-11-20/h5-13,17-18,20,22-23H,4,14-16H2,1-3H3/t18-,22+,23-,26?/m1/s1. The SMILES string of the molecule is C=C(C1C=CC=C1)P(=O)(O[C@@H]1C[C@H](C)CC[C@H]1C(C)C)c1ccccc1. The molecule has 2 aliphatic rings. The quantitative estimate of drug-likeness (QED) is 0.547. The molecular weight excluding hydrogens is 339 g/mol. The second kappa shape index (κ2) is 8.11. The van der Waals surface area contributed by atoms with E-state index in [1.165, 1.54) is 6.42 Å². The number of rotatable bonds is 6. The third kappa shape index (κ3) is 3.97. The first kappa shape index (κ1) is 19.4. The van der Waals surface area contributed by atoms with Gasteiger partial charge in [-0.25, -0.2) is 0 Å². The summed E-state index contributed by atoms with van der Waals surface area (Å²) in [6, 6.07) is 9.66. The molecule has 1 fully saturated rings. The zero-order chi connectivity index (χ0) is 18.7. The number of benzene rings is 1. The predicted octanol–water partition coefficient (Wildman–Crippen LogP) is 6.32. The monoisotopic (exact) mass is 370 g/mol. The minimum Gasteiger partial charge on any atom is -0.319 e. The molecule has 0 amide bonds. The fraction of sp³-hybridized carbons (Fsp3) is 0.478. The Morgan fingerprint density at radius 1 is 1.15 bits per heavy atom. The molecule has 1 aromatic rings. The van der Waals surface area contributed by atoms with Crippen LogP contribution in [0, 0.1) is 23.7 Å². The molecule has 3 heteroatoms. The Balaban J connectivity index is 1.95. The molecule has 0 saturated heterocycles. The summed E-state index contributed by atoms with van der Waals surface area (Å²) in [6.45, 7) is 11.0. The van der Waals surface area contributed by atoms with Crippen LogP contribution in [0.15, 0.2) is 66.5 Å². The van der Waals surface area contributed by atoms with Gasteiger partial charge in [0, 0.05) is 16.5 Å². The summed E-state index contributed by atoms with van der Waals surface area (Å²) in [4.78, 5) is 0. The van der Waals surface area contributed by atoms with Crippen molar-refractivity contribution in [2.75, 3.05) is 0 Å². The average Bonchev–Trinajstić information content (AvgIpc) is 3.16. The van der Waals surface area contributed by atoms with E-state index >= 15 is 0 Å². The molecule has 0 aliphatic heterocycles. The summed E-state index contributed by atoms with van der Waals surface area (Å²) in [5.41, 5.74) is 0. The van der Waals surface area contributed by atoms with Gasteiger partial charge in [-0.1, -0.05) is 76.3 Å². The Morgan fingerprint density at radius 3 is 2.42 bits per heavy atom. The molecule has 0 radical (unpaired) electrons. The highest BCUT2D eigenvalue weighted by molar-refractivity contribution is 7.71. The zero-order valence-corrected chi connectivity index (χ0v) is 17.1. The van der Waals surface area contributed by atoms with Gasteiger partial charge < -0.3 is 4.52 Å². The van der Waals surface area contributed by atoms with E-state index in [4.69, 9.17) is 4.52 Å². The van der Waals surface area contributed by atoms with Crippen LogP contribution in [-0.2, 0) is 9.09 Å². The van der Waals surface area contributed by atoms with Crippen LogP contribution in [0.2, 0.25) is 0 Å². The highest BCUT2D eigenvalue weighted by Crippen LogP contribution is 2.59. The summed E-state index contributed by atoms with van der Waals surface area (Å²) in [6.07, 6.45) is 11.5. The number of allylic oxidation sites excluding steroid dienone is 5. The van der Waals surface area contributed by atoms with E-state index in [0.29, 0.717) is 23.1 Å². The van der Waals surface area contributed by atoms with E-state index in [1.807, 2.05) is 54.6 Å².